The van der Waals surface area contributed by atoms with Crippen LogP contribution >= 0.6 is 0 Å². The fourth-order valence-electron chi connectivity index (χ4n) is 3.96. The van der Waals surface area contributed by atoms with Crippen molar-refractivity contribution in [1.29, 1.82) is 0 Å². The number of para-hydroxylation sites is 2. The maximum absolute atomic E-state index is 12.4. The van der Waals surface area contributed by atoms with Crippen LogP contribution in [0.3, 0.4) is 0 Å². The summed E-state index contributed by atoms with van der Waals surface area (Å²) in [7, 11) is 0. The molecule has 1 aromatic heterocycles. The van der Waals surface area contributed by atoms with Gasteiger partial charge in [-0.2, -0.15) is 0 Å². The summed E-state index contributed by atoms with van der Waals surface area (Å²) in [5.74, 6) is 2.10. The summed E-state index contributed by atoms with van der Waals surface area (Å²) in [5.41, 5.74) is 1.38. The average Bonchev–Trinajstić information content (AvgIpc) is 2.71. The van der Waals surface area contributed by atoms with Crippen molar-refractivity contribution in [2.45, 2.75) is 26.2 Å². The van der Waals surface area contributed by atoms with E-state index in [2.05, 4.69) is 21.8 Å². The van der Waals surface area contributed by atoms with Crippen LogP contribution < -0.4 is 10.3 Å². The van der Waals surface area contributed by atoms with Crippen molar-refractivity contribution in [3.63, 3.8) is 0 Å². The largest absolute Gasteiger partial charge is 0.493 e. The number of aromatic nitrogens is 2. The van der Waals surface area contributed by atoms with Gasteiger partial charge in [0.15, 0.2) is 0 Å². The highest BCUT2D eigenvalue weighted by Gasteiger charge is 2.16. The van der Waals surface area contributed by atoms with Crippen LogP contribution in [0.5, 0.6) is 5.75 Å². The van der Waals surface area contributed by atoms with Crippen LogP contribution in [-0.4, -0.2) is 41.1 Å². The molecule has 146 valence electrons. The Bertz CT molecular complexity index is 998. The smallest absolute Gasteiger partial charge is 0.259 e. The Hall–Kier alpha value is -2.66. The highest BCUT2D eigenvalue weighted by Crippen LogP contribution is 2.27. The Morgan fingerprint density at radius 2 is 2.00 bits per heavy atom. The van der Waals surface area contributed by atoms with Gasteiger partial charge in [0.2, 0.25) is 0 Å². The number of benzene rings is 2. The summed E-state index contributed by atoms with van der Waals surface area (Å²) < 4.78 is 6.07. The Balaban J connectivity index is 1.46. The maximum atomic E-state index is 12.4. The minimum atomic E-state index is -0.130. The molecule has 0 unspecified atom stereocenters. The first-order valence-corrected chi connectivity index (χ1v) is 10.1. The first-order valence-electron chi connectivity index (χ1n) is 10.1. The summed E-state index contributed by atoms with van der Waals surface area (Å²) in [6.07, 6.45) is 3.63. The van der Waals surface area contributed by atoms with E-state index in [1.165, 1.54) is 25.9 Å². The molecule has 1 N–H and O–H groups in total. The second kappa shape index (κ2) is 8.57. The Labute approximate surface area is 165 Å². The van der Waals surface area contributed by atoms with Gasteiger partial charge in [0, 0.05) is 13.1 Å². The third-order valence-electron chi connectivity index (χ3n) is 5.37. The topological polar surface area (TPSA) is 58.2 Å². The van der Waals surface area contributed by atoms with Crippen molar-refractivity contribution in [2.24, 2.45) is 5.92 Å². The van der Waals surface area contributed by atoms with Crippen molar-refractivity contribution in [2.75, 3.05) is 26.2 Å². The molecule has 0 bridgehead atoms. The van der Waals surface area contributed by atoms with Crippen molar-refractivity contribution in [3.05, 3.63) is 58.9 Å². The molecular weight excluding hydrogens is 350 g/mol. The number of H-pyrrole nitrogens is 1. The molecule has 1 aliphatic heterocycles. The number of fused-ring (bicyclic) bond motifs is 1. The number of likely N-dealkylation sites (tertiary alicyclic amines) is 1. The zero-order valence-electron chi connectivity index (χ0n) is 16.4. The number of hydrogen-bond acceptors (Lipinski definition) is 4. The molecule has 0 amide bonds. The van der Waals surface area contributed by atoms with Crippen LogP contribution in [0.1, 0.15) is 26.2 Å². The molecule has 4 rings (SSSR count). The zero-order chi connectivity index (χ0) is 19.3. The molecular formula is C23H27N3O2. The lowest BCUT2D eigenvalue weighted by Crippen LogP contribution is -2.35. The normalized spacial score (nSPS) is 17.7. The summed E-state index contributed by atoms with van der Waals surface area (Å²) in [5, 5.41) is 0.598. The van der Waals surface area contributed by atoms with E-state index in [9.17, 15) is 4.79 Å². The van der Waals surface area contributed by atoms with Crippen molar-refractivity contribution >= 4 is 10.9 Å². The van der Waals surface area contributed by atoms with Crippen LogP contribution in [0.2, 0.25) is 0 Å². The van der Waals surface area contributed by atoms with Gasteiger partial charge in [0.25, 0.3) is 5.56 Å². The van der Waals surface area contributed by atoms with Crippen LogP contribution in [-0.2, 0) is 0 Å². The third-order valence-corrected chi connectivity index (χ3v) is 5.37. The number of ether oxygens (including phenoxy) is 1. The van der Waals surface area contributed by atoms with Crippen LogP contribution in [0.4, 0.5) is 0 Å². The minimum Gasteiger partial charge on any atom is -0.493 e. The molecule has 2 heterocycles. The van der Waals surface area contributed by atoms with Gasteiger partial charge < -0.3 is 14.6 Å². The Kier molecular flexibility index (Phi) is 5.72. The summed E-state index contributed by atoms with van der Waals surface area (Å²) in [6, 6.07) is 15.1. The van der Waals surface area contributed by atoms with Gasteiger partial charge in [-0.05, 0) is 56.0 Å². The summed E-state index contributed by atoms with van der Waals surface area (Å²) >= 11 is 0. The first kappa shape index (κ1) is 18.7. The van der Waals surface area contributed by atoms with Gasteiger partial charge >= 0.3 is 0 Å². The lowest BCUT2D eigenvalue weighted by atomic mass is 10.0. The van der Waals surface area contributed by atoms with Crippen LogP contribution in [0.15, 0.2) is 53.3 Å². The van der Waals surface area contributed by atoms with Gasteiger partial charge in [-0.15, -0.1) is 0 Å². The quantitative estimate of drug-likeness (QED) is 0.658. The summed E-state index contributed by atoms with van der Waals surface area (Å²) in [4.78, 5) is 22.5. The monoisotopic (exact) mass is 377 g/mol. The van der Waals surface area contributed by atoms with Crippen molar-refractivity contribution in [1.82, 2.24) is 14.9 Å². The molecule has 1 fully saturated rings. The highest BCUT2D eigenvalue weighted by atomic mass is 16.5. The number of piperidine rings is 1. The number of nitrogens with zero attached hydrogens (tertiary/aromatic N) is 2. The Morgan fingerprint density at radius 1 is 1.18 bits per heavy atom. The lowest BCUT2D eigenvalue weighted by molar-refractivity contribution is 0.170. The van der Waals surface area contributed by atoms with E-state index in [0.717, 1.165) is 30.2 Å². The fraction of sp³-hybridized carbons (Fsp3) is 0.391. The van der Waals surface area contributed by atoms with E-state index in [-0.39, 0.29) is 5.56 Å². The Morgan fingerprint density at radius 3 is 2.89 bits per heavy atom. The first-order chi connectivity index (χ1) is 13.7. The van der Waals surface area contributed by atoms with E-state index in [1.54, 1.807) is 6.07 Å². The van der Waals surface area contributed by atoms with Gasteiger partial charge in [0.05, 0.1) is 23.1 Å². The molecule has 3 aromatic rings. The molecule has 1 aliphatic rings. The van der Waals surface area contributed by atoms with Crippen LogP contribution in [0, 0.1) is 5.92 Å². The number of rotatable bonds is 6. The minimum absolute atomic E-state index is 0.130. The van der Waals surface area contributed by atoms with Crippen LogP contribution in [0.25, 0.3) is 22.3 Å². The fourth-order valence-corrected chi connectivity index (χ4v) is 3.96. The number of aromatic amines is 1. The van der Waals surface area contributed by atoms with E-state index in [1.807, 2.05) is 42.5 Å². The van der Waals surface area contributed by atoms with Crippen molar-refractivity contribution < 1.29 is 4.74 Å². The van der Waals surface area contributed by atoms with Gasteiger partial charge in [-0.25, -0.2) is 4.98 Å². The predicted octanol–water partition coefficient (Wildman–Crippen LogP) is 4.09. The van der Waals surface area contributed by atoms with E-state index in [4.69, 9.17) is 4.74 Å². The van der Waals surface area contributed by atoms with Gasteiger partial charge in [-0.3, -0.25) is 4.79 Å². The highest BCUT2D eigenvalue weighted by molar-refractivity contribution is 5.80. The standard InChI is InChI=1S/C23H27N3O2/c1-17-8-6-13-26(16-17)14-7-15-28-21-12-5-3-10-19(21)22-24-20-11-4-2-9-18(20)23(27)25-22/h2-5,9-12,17H,6-8,13-16H2,1H3,(H,24,25,27)/t17-/m0/s1. The van der Waals surface area contributed by atoms with E-state index in [0.29, 0.717) is 23.3 Å². The summed E-state index contributed by atoms with van der Waals surface area (Å²) in [6.45, 7) is 6.44. The molecule has 1 saturated heterocycles. The van der Waals surface area contributed by atoms with E-state index < -0.39 is 0 Å². The molecule has 28 heavy (non-hydrogen) atoms. The molecule has 5 nitrogen and oxygen atoms in total. The molecule has 0 spiro atoms. The molecule has 0 saturated carbocycles. The van der Waals surface area contributed by atoms with E-state index >= 15 is 0 Å². The number of hydrogen-bond donors (Lipinski definition) is 1. The average molecular weight is 377 g/mol. The SMILES string of the molecule is C[C@H]1CCCN(CCCOc2ccccc2-c2nc3ccccc3c(=O)[nH]2)C1. The van der Waals surface area contributed by atoms with Crippen molar-refractivity contribution in [3.8, 4) is 17.1 Å². The molecule has 2 aromatic carbocycles. The van der Waals surface area contributed by atoms with Gasteiger partial charge in [0.1, 0.15) is 11.6 Å². The lowest BCUT2D eigenvalue weighted by Gasteiger charge is -2.30. The second-order valence-corrected chi connectivity index (χ2v) is 7.68. The number of nitrogens with one attached hydrogen (secondary N) is 1. The molecule has 0 radical (unpaired) electrons. The van der Waals surface area contributed by atoms with Gasteiger partial charge in [-0.1, -0.05) is 31.2 Å². The second-order valence-electron chi connectivity index (χ2n) is 7.68. The zero-order valence-corrected chi connectivity index (χ0v) is 16.4. The maximum Gasteiger partial charge on any atom is 0.259 e. The molecule has 1 atom stereocenters. The predicted molar refractivity (Wildman–Crippen MR) is 113 cm³/mol. The molecule has 5 heteroatoms. The molecule has 0 aliphatic carbocycles. The third kappa shape index (κ3) is 4.25.